The van der Waals surface area contributed by atoms with Gasteiger partial charge in [0.15, 0.2) is 0 Å². The lowest BCUT2D eigenvalue weighted by Gasteiger charge is -2.23. The summed E-state index contributed by atoms with van der Waals surface area (Å²) in [7, 11) is 0. The molecule has 0 radical (unpaired) electrons. The van der Waals surface area contributed by atoms with E-state index < -0.39 is 17.5 Å². The highest BCUT2D eigenvalue weighted by atomic mass is 35.5. The standard InChI is InChI=1S/C17H22ClN3O3/c1-4-17(5-2)15(23)21(16(24)20-17)10-14(22)19-11(3)12-8-6-7-9-13(12)18/h6-9,11H,4-5,10H2,1-3H3,(H,19,22)(H,20,24)/t11-/m1/s1. The first-order valence-corrected chi connectivity index (χ1v) is 8.40. The van der Waals surface area contributed by atoms with Crippen molar-refractivity contribution in [1.29, 1.82) is 0 Å². The number of benzene rings is 1. The van der Waals surface area contributed by atoms with E-state index >= 15 is 0 Å². The number of nitrogens with zero attached hydrogens (tertiary/aromatic N) is 1. The minimum atomic E-state index is -0.897. The van der Waals surface area contributed by atoms with Crippen molar-refractivity contribution in [1.82, 2.24) is 15.5 Å². The second-order valence-corrected chi connectivity index (χ2v) is 6.33. The molecule has 1 aliphatic rings. The van der Waals surface area contributed by atoms with E-state index in [0.29, 0.717) is 17.9 Å². The zero-order valence-electron chi connectivity index (χ0n) is 14.1. The van der Waals surface area contributed by atoms with Crippen molar-refractivity contribution in [2.24, 2.45) is 0 Å². The monoisotopic (exact) mass is 351 g/mol. The van der Waals surface area contributed by atoms with Crippen LogP contribution in [0.3, 0.4) is 0 Å². The Morgan fingerprint density at radius 2 is 1.92 bits per heavy atom. The van der Waals surface area contributed by atoms with Crippen LogP contribution in [0.25, 0.3) is 0 Å². The van der Waals surface area contributed by atoms with E-state index in [0.717, 1.165) is 10.5 Å². The van der Waals surface area contributed by atoms with Gasteiger partial charge in [-0.15, -0.1) is 0 Å². The first-order chi connectivity index (χ1) is 11.3. The number of carbonyl (C=O) groups excluding carboxylic acids is 3. The third-order valence-corrected chi connectivity index (χ3v) is 4.85. The van der Waals surface area contributed by atoms with Crippen LogP contribution < -0.4 is 10.6 Å². The summed E-state index contributed by atoms with van der Waals surface area (Å²) in [6.07, 6.45) is 0.977. The van der Waals surface area contributed by atoms with Gasteiger partial charge in [0.25, 0.3) is 5.91 Å². The average Bonchev–Trinajstić information content (AvgIpc) is 2.79. The Balaban J connectivity index is 2.04. The Morgan fingerprint density at radius 1 is 1.29 bits per heavy atom. The third kappa shape index (κ3) is 3.38. The number of rotatable bonds is 6. The number of amides is 4. The van der Waals surface area contributed by atoms with Gasteiger partial charge < -0.3 is 10.6 Å². The number of hydrogen-bond donors (Lipinski definition) is 2. The van der Waals surface area contributed by atoms with Crippen LogP contribution >= 0.6 is 11.6 Å². The highest BCUT2D eigenvalue weighted by Crippen LogP contribution is 2.25. The summed E-state index contributed by atoms with van der Waals surface area (Å²) in [5.41, 5.74) is -0.118. The van der Waals surface area contributed by atoms with Crippen molar-refractivity contribution in [2.45, 2.75) is 45.2 Å². The van der Waals surface area contributed by atoms with Gasteiger partial charge in [0, 0.05) is 5.02 Å². The molecule has 0 aromatic heterocycles. The molecule has 7 heteroatoms. The molecule has 0 saturated carbocycles. The average molecular weight is 352 g/mol. The molecule has 1 aromatic carbocycles. The van der Waals surface area contributed by atoms with E-state index in [1.807, 2.05) is 32.0 Å². The summed E-state index contributed by atoms with van der Waals surface area (Å²) in [6, 6.07) is 6.35. The Bertz CT molecular complexity index is 658. The fourth-order valence-corrected chi connectivity index (χ4v) is 3.18. The first-order valence-electron chi connectivity index (χ1n) is 8.02. The molecule has 2 N–H and O–H groups in total. The second kappa shape index (κ2) is 7.21. The molecular formula is C17H22ClN3O3. The normalized spacial score (nSPS) is 17.6. The fourth-order valence-electron chi connectivity index (χ4n) is 2.88. The molecule has 0 unspecified atom stereocenters. The van der Waals surface area contributed by atoms with Crippen molar-refractivity contribution >= 4 is 29.4 Å². The van der Waals surface area contributed by atoms with Gasteiger partial charge in [0.05, 0.1) is 6.04 Å². The van der Waals surface area contributed by atoms with Crippen molar-refractivity contribution in [3.05, 3.63) is 34.9 Å². The van der Waals surface area contributed by atoms with Gasteiger partial charge in [0.1, 0.15) is 12.1 Å². The zero-order valence-corrected chi connectivity index (χ0v) is 14.8. The van der Waals surface area contributed by atoms with E-state index in [1.165, 1.54) is 0 Å². The van der Waals surface area contributed by atoms with E-state index in [4.69, 9.17) is 11.6 Å². The summed E-state index contributed by atoms with van der Waals surface area (Å²) in [4.78, 5) is 37.8. The van der Waals surface area contributed by atoms with Gasteiger partial charge in [-0.25, -0.2) is 4.79 Å². The lowest BCUT2D eigenvalue weighted by atomic mass is 9.93. The molecule has 1 aliphatic heterocycles. The predicted molar refractivity (Wildman–Crippen MR) is 91.6 cm³/mol. The van der Waals surface area contributed by atoms with Gasteiger partial charge in [-0.2, -0.15) is 0 Å². The Labute approximate surface area is 146 Å². The SMILES string of the molecule is CCC1(CC)NC(=O)N(CC(=O)N[C@H](C)c2ccccc2Cl)C1=O. The van der Waals surface area contributed by atoms with Crippen LogP contribution in [-0.4, -0.2) is 34.8 Å². The Morgan fingerprint density at radius 3 is 2.46 bits per heavy atom. The molecular weight excluding hydrogens is 330 g/mol. The number of imide groups is 1. The van der Waals surface area contributed by atoms with Crippen molar-refractivity contribution in [2.75, 3.05) is 6.54 Å². The van der Waals surface area contributed by atoms with Gasteiger partial charge in [-0.05, 0) is 31.4 Å². The molecule has 1 fully saturated rings. The van der Waals surface area contributed by atoms with Crippen LogP contribution in [0.5, 0.6) is 0 Å². The van der Waals surface area contributed by atoms with Gasteiger partial charge in [-0.3, -0.25) is 14.5 Å². The van der Waals surface area contributed by atoms with E-state index in [9.17, 15) is 14.4 Å². The number of hydrogen-bond acceptors (Lipinski definition) is 3. The van der Waals surface area contributed by atoms with Crippen LogP contribution in [0.15, 0.2) is 24.3 Å². The number of urea groups is 1. The maximum atomic E-state index is 12.5. The quantitative estimate of drug-likeness (QED) is 0.773. The van der Waals surface area contributed by atoms with Crippen molar-refractivity contribution < 1.29 is 14.4 Å². The molecule has 24 heavy (non-hydrogen) atoms. The lowest BCUT2D eigenvalue weighted by Crippen LogP contribution is -2.46. The van der Waals surface area contributed by atoms with Crippen molar-refractivity contribution in [3.8, 4) is 0 Å². The summed E-state index contributed by atoms with van der Waals surface area (Å²) < 4.78 is 0. The minimum absolute atomic E-state index is 0.304. The smallest absolute Gasteiger partial charge is 0.325 e. The molecule has 6 nitrogen and oxygen atoms in total. The largest absolute Gasteiger partial charge is 0.348 e. The van der Waals surface area contributed by atoms with Crippen LogP contribution in [0.1, 0.15) is 45.2 Å². The van der Waals surface area contributed by atoms with E-state index in [1.54, 1.807) is 13.0 Å². The first kappa shape index (κ1) is 18.3. The highest BCUT2D eigenvalue weighted by molar-refractivity contribution is 6.31. The summed E-state index contributed by atoms with van der Waals surface area (Å²) >= 11 is 6.11. The Hall–Kier alpha value is -2.08. The van der Waals surface area contributed by atoms with Crippen LogP contribution in [0.4, 0.5) is 4.79 Å². The zero-order chi connectivity index (χ0) is 17.9. The third-order valence-electron chi connectivity index (χ3n) is 4.50. The summed E-state index contributed by atoms with van der Waals surface area (Å²) in [5, 5.41) is 6.03. The number of nitrogens with one attached hydrogen (secondary N) is 2. The molecule has 1 aromatic rings. The lowest BCUT2D eigenvalue weighted by molar-refractivity contribution is -0.135. The molecule has 2 rings (SSSR count). The van der Waals surface area contributed by atoms with Crippen LogP contribution in [0, 0.1) is 0 Å². The van der Waals surface area contributed by atoms with E-state index in [-0.39, 0.29) is 18.5 Å². The van der Waals surface area contributed by atoms with Gasteiger partial charge >= 0.3 is 6.03 Å². The summed E-state index contributed by atoms with van der Waals surface area (Å²) in [6.45, 7) is 5.17. The van der Waals surface area contributed by atoms with Gasteiger partial charge in [0.2, 0.25) is 5.91 Å². The maximum absolute atomic E-state index is 12.5. The topological polar surface area (TPSA) is 78.5 Å². The van der Waals surface area contributed by atoms with E-state index in [2.05, 4.69) is 10.6 Å². The maximum Gasteiger partial charge on any atom is 0.325 e. The Kier molecular flexibility index (Phi) is 5.49. The molecule has 0 aliphatic carbocycles. The molecule has 1 heterocycles. The molecule has 0 spiro atoms. The number of halogens is 1. The highest BCUT2D eigenvalue weighted by Gasteiger charge is 2.49. The van der Waals surface area contributed by atoms with Crippen molar-refractivity contribution in [3.63, 3.8) is 0 Å². The molecule has 130 valence electrons. The van der Waals surface area contributed by atoms with Gasteiger partial charge in [-0.1, -0.05) is 43.6 Å². The fraction of sp³-hybridized carbons (Fsp3) is 0.471. The second-order valence-electron chi connectivity index (χ2n) is 5.92. The summed E-state index contributed by atoms with van der Waals surface area (Å²) in [5.74, 6) is -0.757. The van der Waals surface area contributed by atoms with Crippen LogP contribution in [0.2, 0.25) is 5.02 Å². The number of carbonyl (C=O) groups is 3. The minimum Gasteiger partial charge on any atom is -0.348 e. The molecule has 1 saturated heterocycles. The molecule has 4 amide bonds. The predicted octanol–water partition coefficient (Wildman–Crippen LogP) is 2.63. The molecule has 0 bridgehead atoms. The van der Waals surface area contributed by atoms with Crippen LogP contribution in [-0.2, 0) is 9.59 Å². The molecule has 1 atom stereocenters.